The first-order valence-electron chi connectivity index (χ1n) is 14.4. The molecule has 2 saturated heterocycles. The zero-order valence-electron chi connectivity index (χ0n) is 24.4. The molecule has 5 rings (SSSR count). The third-order valence-corrected chi connectivity index (χ3v) is 7.73. The van der Waals surface area contributed by atoms with Crippen molar-refractivity contribution >= 4 is 28.9 Å². The lowest BCUT2D eigenvalue weighted by molar-refractivity contribution is 0.0274. The second-order valence-corrected chi connectivity index (χ2v) is 12.2. The number of ether oxygens (including phenoxy) is 2. The van der Waals surface area contributed by atoms with Gasteiger partial charge in [0.15, 0.2) is 0 Å². The van der Waals surface area contributed by atoms with E-state index in [1.54, 1.807) is 10.6 Å². The summed E-state index contributed by atoms with van der Waals surface area (Å²) in [6, 6.07) is 10.2. The van der Waals surface area contributed by atoms with E-state index in [9.17, 15) is 9.59 Å². The Labute approximate surface area is 240 Å². The fraction of sp³-hybridized carbons (Fsp3) is 0.533. The third-order valence-electron chi connectivity index (χ3n) is 7.73. The van der Waals surface area contributed by atoms with E-state index in [-0.39, 0.29) is 17.9 Å². The summed E-state index contributed by atoms with van der Waals surface area (Å²) in [4.78, 5) is 37.9. The van der Waals surface area contributed by atoms with E-state index in [1.807, 2.05) is 25.7 Å². The Balaban J connectivity index is 1.23. The van der Waals surface area contributed by atoms with Gasteiger partial charge in [-0.15, -0.1) is 0 Å². The number of likely N-dealkylation sites (tertiary alicyclic amines) is 2. The molecule has 0 saturated carbocycles. The molecule has 41 heavy (non-hydrogen) atoms. The van der Waals surface area contributed by atoms with Crippen molar-refractivity contribution in [3.63, 3.8) is 0 Å². The predicted molar refractivity (Wildman–Crippen MR) is 156 cm³/mol. The second kappa shape index (κ2) is 11.6. The van der Waals surface area contributed by atoms with Crippen molar-refractivity contribution in [3.8, 4) is 6.01 Å². The molecule has 2 aromatic heterocycles. The van der Waals surface area contributed by atoms with Gasteiger partial charge in [-0.3, -0.25) is 9.69 Å². The van der Waals surface area contributed by atoms with E-state index in [0.717, 1.165) is 51.1 Å². The Hall–Kier alpha value is -3.86. The molecule has 0 bridgehead atoms. The molecule has 1 aromatic carbocycles. The van der Waals surface area contributed by atoms with Crippen LogP contribution in [0.4, 0.5) is 10.6 Å². The molecule has 2 fully saturated rings. The number of fused-ring (bicyclic) bond motifs is 2. The first-order chi connectivity index (χ1) is 19.5. The van der Waals surface area contributed by atoms with Crippen molar-refractivity contribution in [1.29, 1.82) is 0 Å². The first-order valence-corrected chi connectivity index (χ1v) is 14.4. The Morgan fingerprint density at radius 1 is 1.00 bits per heavy atom. The summed E-state index contributed by atoms with van der Waals surface area (Å²) in [5, 5.41) is 0.572. The molecule has 2 unspecified atom stereocenters. The number of hydrogen-bond donors (Lipinski definition) is 2. The van der Waals surface area contributed by atoms with Crippen LogP contribution in [0.2, 0.25) is 0 Å². The molecule has 11 heteroatoms. The number of carbonyl (C=O) groups is 2. The maximum Gasteiger partial charge on any atom is 0.410 e. The predicted octanol–water partition coefficient (Wildman–Crippen LogP) is 3.64. The lowest BCUT2D eigenvalue weighted by atomic mass is 10.0. The average Bonchev–Trinajstić information content (AvgIpc) is 3.57. The number of nitrogens with zero attached hydrogens (tertiary/aromatic N) is 5. The zero-order chi connectivity index (χ0) is 29.3. The molecule has 0 radical (unpaired) electrons. The fourth-order valence-electron chi connectivity index (χ4n) is 5.75. The smallest absolute Gasteiger partial charge is 0.410 e. The molecule has 220 valence electrons. The van der Waals surface area contributed by atoms with Crippen LogP contribution in [0.25, 0.3) is 11.0 Å². The number of rotatable bonds is 9. The summed E-state index contributed by atoms with van der Waals surface area (Å²) in [5.41, 5.74) is 14.5. The minimum atomic E-state index is -0.558. The van der Waals surface area contributed by atoms with Gasteiger partial charge in [0, 0.05) is 39.3 Å². The van der Waals surface area contributed by atoms with Gasteiger partial charge in [0.05, 0.1) is 12.0 Å². The number of primary amides is 1. The maximum absolute atomic E-state index is 12.5. The fourth-order valence-corrected chi connectivity index (χ4v) is 5.75. The maximum atomic E-state index is 12.5. The summed E-state index contributed by atoms with van der Waals surface area (Å²) in [7, 11) is 0. The van der Waals surface area contributed by atoms with Crippen LogP contribution in [0.1, 0.15) is 62.2 Å². The molecule has 4 N–H and O–H groups in total. The lowest BCUT2D eigenvalue weighted by Gasteiger charge is -2.26. The van der Waals surface area contributed by atoms with E-state index in [1.165, 1.54) is 5.56 Å². The van der Waals surface area contributed by atoms with Gasteiger partial charge < -0.3 is 30.4 Å². The summed E-state index contributed by atoms with van der Waals surface area (Å²) in [6.45, 7) is 13.0. The third kappa shape index (κ3) is 6.56. The average molecular weight is 564 g/mol. The van der Waals surface area contributed by atoms with Crippen LogP contribution in [0.3, 0.4) is 0 Å². The Morgan fingerprint density at radius 2 is 1.63 bits per heavy atom. The van der Waals surface area contributed by atoms with Crippen molar-refractivity contribution in [1.82, 2.24) is 24.3 Å². The number of amides is 2. The molecular weight excluding hydrogens is 522 g/mol. The van der Waals surface area contributed by atoms with Gasteiger partial charge in [0.2, 0.25) is 0 Å². The van der Waals surface area contributed by atoms with Gasteiger partial charge in [-0.25, -0.2) is 4.79 Å². The number of unbranched alkanes of at least 4 members (excludes halogenated alkanes) is 1. The minimum absolute atomic E-state index is 0.193. The molecule has 0 aliphatic carbocycles. The van der Waals surface area contributed by atoms with Crippen LogP contribution in [0.15, 0.2) is 30.3 Å². The van der Waals surface area contributed by atoms with Crippen LogP contribution in [-0.4, -0.2) is 74.7 Å². The summed E-state index contributed by atoms with van der Waals surface area (Å²) in [5.74, 6) is 0.641. The molecule has 0 spiro atoms. The second-order valence-electron chi connectivity index (χ2n) is 12.2. The molecule has 4 heterocycles. The first kappa shape index (κ1) is 28.7. The molecule has 2 amide bonds. The van der Waals surface area contributed by atoms with Crippen molar-refractivity contribution < 1.29 is 19.1 Å². The Morgan fingerprint density at radius 3 is 2.22 bits per heavy atom. The summed E-state index contributed by atoms with van der Waals surface area (Å²) < 4.78 is 13.0. The highest BCUT2D eigenvalue weighted by atomic mass is 16.6. The number of benzene rings is 1. The Kier molecular flexibility index (Phi) is 8.08. The zero-order valence-corrected chi connectivity index (χ0v) is 24.4. The molecule has 2 aliphatic heterocycles. The Bertz CT molecular complexity index is 1400. The van der Waals surface area contributed by atoms with Crippen molar-refractivity contribution in [2.24, 2.45) is 17.6 Å². The van der Waals surface area contributed by atoms with Crippen molar-refractivity contribution in [2.45, 2.75) is 59.2 Å². The highest BCUT2D eigenvalue weighted by Gasteiger charge is 2.42. The van der Waals surface area contributed by atoms with Crippen molar-refractivity contribution in [3.05, 3.63) is 47.2 Å². The topological polar surface area (TPSA) is 142 Å². The highest BCUT2D eigenvalue weighted by molar-refractivity contribution is 5.99. The van der Waals surface area contributed by atoms with Gasteiger partial charge in [0.1, 0.15) is 22.8 Å². The number of anilines is 1. The van der Waals surface area contributed by atoms with E-state index >= 15 is 0 Å². The molecule has 3 aromatic rings. The van der Waals surface area contributed by atoms with Gasteiger partial charge in [-0.05, 0) is 56.2 Å². The monoisotopic (exact) mass is 563 g/mol. The summed E-state index contributed by atoms with van der Waals surface area (Å²) >= 11 is 0. The number of nitrogen functional groups attached to an aromatic ring is 1. The van der Waals surface area contributed by atoms with E-state index in [0.29, 0.717) is 41.7 Å². The van der Waals surface area contributed by atoms with Crippen LogP contribution in [0, 0.1) is 11.8 Å². The van der Waals surface area contributed by atoms with Gasteiger partial charge >= 0.3 is 12.1 Å². The summed E-state index contributed by atoms with van der Waals surface area (Å²) in [6.07, 6.45) is 1.66. The molecule has 2 atom stereocenters. The number of nitrogens with two attached hydrogens (primary N) is 2. The molecule has 11 nitrogen and oxygen atoms in total. The number of aromatic nitrogens is 3. The van der Waals surface area contributed by atoms with E-state index in [2.05, 4.69) is 46.1 Å². The van der Waals surface area contributed by atoms with Crippen molar-refractivity contribution in [2.75, 3.05) is 38.5 Å². The minimum Gasteiger partial charge on any atom is -0.463 e. The van der Waals surface area contributed by atoms with Crippen LogP contribution >= 0.6 is 0 Å². The van der Waals surface area contributed by atoms with Gasteiger partial charge in [-0.2, -0.15) is 9.97 Å². The van der Waals surface area contributed by atoms with Crippen LogP contribution < -0.4 is 16.2 Å². The SMILES string of the molecule is CCCCOc1nc(N)c2cc(C(N)=O)n(Cc3ccc(CN4CC5CN(C(=O)OC(C)(C)C)CC5C4)cc3)c2n1. The lowest BCUT2D eigenvalue weighted by Crippen LogP contribution is -2.37. The van der Waals surface area contributed by atoms with E-state index < -0.39 is 11.5 Å². The van der Waals surface area contributed by atoms with Gasteiger partial charge in [0.25, 0.3) is 5.91 Å². The normalized spacial score (nSPS) is 19.1. The van der Waals surface area contributed by atoms with Crippen LogP contribution in [0.5, 0.6) is 6.01 Å². The quantitative estimate of drug-likeness (QED) is 0.376. The standard InChI is InChI=1S/C30H41N7O4/c1-5-6-11-40-28-33-25(31)23-12-24(26(32)38)37(27(23)34-28)14-20-9-7-19(8-10-20)13-35-15-21-17-36(18-22(21)16-35)29(39)41-30(2,3)4/h7-10,12,21-22H,5-6,11,13-18H2,1-4H3,(H2,32,38)(H2,31,33,34). The largest absolute Gasteiger partial charge is 0.463 e. The van der Waals surface area contributed by atoms with Crippen LogP contribution in [-0.2, 0) is 17.8 Å². The molecule has 2 aliphatic rings. The van der Waals surface area contributed by atoms with E-state index in [4.69, 9.17) is 20.9 Å². The van der Waals surface area contributed by atoms with Gasteiger partial charge in [-0.1, -0.05) is 37.6 Å². The molecular formula is C30H41N7O4. The highest BCUT2D eigenvalue weighted by Crippen LogP contribution is 2.33. The number of hydrogen-bond acceptors (Lipinski definition) is 8. The number of carbonyl (C=O) groups excluding carboxylic acids is 2.